The topological polar surface area (TPSA) is 21.6 Å². The number of benzene rings is 2. The van der Waals surface area contributed by atoms with Crippen molar-refractivity contribution in [3.05, 3.63) is 83.5 Å². The van der Waals surface area contributed by atoms with E-state index in [1.54, 1.807) is 7.11 Å². The molecule has 0 N–H and O–H groups in total. The Labute approximate surface area is 137 Å². The van der Waals surface area contributed by atoms with E-state index in [0.29, 0.717) is 0 Å². The van der Waals surface area contributed by atoms with Gasteiger partial charge in [-0.3, -0.25) is 4.99 Å². The van der Waals surface area contributed by atoms with Crippen molar-refractivity contribution in [3.8, 4) is 5.75 Å². The second kappa shape index (κ2) is 7.10. The molecule has 1 aliphatic carbocycles. The molecule has 1 aliphatic rings. The molecule has 0 spiro atoms. The van der Waals surface area contributed by atoms with Gasteiger partial charge in [-0.25, -0.2) is 0 Å². The predicted octanol–water partition coefficient (Wildman–Crippen LogP) is 5.40. The monoisotopic (exact) mass is 303 g/mol. The van der Waals surface area contributed by atoms with E-state index in [1.807, 2.05) is 24.3 Å². The van der Waals surface area contributed by atoms with Gasteiger partial charge >= 0.3 is 0 Å². The van der Waals surface area contributed by atoms with Crippen LogP contribution in [0.5, 0.6) is 5.75 Å². The Kier molecular flexibility index (Phi) is 4.72. The molecule has 0 amide bonds. The van der Waals surface area contributed by atoms with Gasteiger partial charge in [0.1, 0.15) is 5.75 Å². The van der Waals surface area contributed by atoms with Crippen LogP contribution < -0.4 is 4.74 Å². The fourth-order valence-corrected chi connectivity index (χ4v) is 2.74. The van der Waals surface area contributed by atoms with Crippen LogP contribution in [-0.2, 0) is 0 Å². The summed E-state index contributed by atoms with van der Waals surface area (Å²) in [5.74, 6) is 0.851. The Morgan fingerprint density at radius 2 is 1.87 bits per heavy atom. The van der Waals surface area contributed by atoms with Crippen molar-refractivity contribution in [3.63, 3.8) is 0 Å². The molecule has 0 bridgehead atoms. The average Bonchev–Trinajstić information content (AvgIpc) is 3.08. The summed E-state index contributed by atoms with van der Waals surface area (Å²) in [6, 6.07) is 16.3. The van der Waals surface area contributed by atoms with Gasteiger partial charge in [-0.05, 0) is 48.7 Å². The van der Waals surface area contributed by atoms with Crippen LogP contribution in [0.3, 0.4) is 0 Å². The maximum Gasteiger partial charge on any atom is 0.119 e. The quantitative estimate of drug-likeness (QED) is 0.678. The van der Waals surface area contributed by atoms with Crippen molar-refractivity contribution >= 4 is 11.4 Å². The second-order valence-corrected chi connectivity index (χ2v) is 5.71. The molecule has 2 nitrogen and oxygen atoms in total. The highest BCUT2D eigenvalue weighted by atomic mass is 16.5. The van der Waals surface area contributed by atoms with E-state index >= 15 is 0 Å². The highest BCUT2D eigenvalue weighted by molar-refractivity contribution is 6.04. The lowest BCUT2D eigenvalue weighted by Crippen LogP contribution is -2.04. The first kappa shape index (κ1) is 15.3. The van der Waals surface area contributed by atoms with Gasteiger partial charge in [0.15, 0.2) is 0 Å². The van der Waals surface area contributed by atoms with E-state index in [1.165, 1.54) is 16.7 Å². The first-order valence-corrected chi connectivity index (χ1v) is 7.88. The third-order valence-electron chi connectivity index (χ3n) is 4.04. The molecule has 0 aliphatic heterocycles. The number of aliphatic imine (C=N–C) groups is 1. The lowest BCUT2D eigenvalue weighted by Gasteiger charge is -2.11. The number of rotatable bonds is 5. The smallest absolute Gasteiger partial charge is 0.119 e. The van der Waals surface area contributed by atoms with E-state index in [4.69, 9.17) is 9.73 Å². The Morgan fingerprint density at radius 3 is 2.52 bits per heavy atom. The van der Waals surface area contributed by atoms with Gasteiger partial charge in [0.05, 0.1) is 18.5 Å². The molecule has 116 valence electrons. The van der Waals surface area contributed by atoms with E-state index in [0.717, 1.165) is 30.0 Å². The van der Waals surface area contributed by atoms with Gasteiger partial charge in [0.2, 0.25) is 0 Å². The molecule has 0 radical (unpaired) electrons. The number of aryl methyl sites for hydroxylation is 1. The fraction of sp³-hybridized carbons (Fsp3) is 0.190. The minimum atomic E-state index is 0.851. The number of ether oxygens (including phenoxy) is 1. The van der Waals surface area contributed by atoms with Crippen LogP contribution in [0.2, 0.25) is 0 Å². The Balaban J connectivity index is 1.96. The van der Waals surface area contributed by atoms with Crippen LogP contribution in [0.4, 0.5) is 5.69 Å². The number of nitrogens with zero attached hydrogens (tertiary/aromatic N) is 1. The zero-order chi connectivity index (χ0) is 16.1. The third-order valence-corrected chi connectivity index (χ3v) is 4.04. The van der Waals surface area contributed by atoms with Gasteiger partial charge < -0.3 is 4.74 Å². The summed E-state index contributed by atoms with van der Waals surface area (Å²) in [4.78, 5) is 4.92. The van der Waals surface area contributed by atoms with Gasteiger partial charge in [-0.15, -0.1) is 0 Å². The van der Waals surface area contributed by atoms with Crippen LogP contribution in [0.15, 0.2) is 77.3 Å². The molecular formula is C21H21NO. The molecule has 0 heterocycles. The maximum absolute atomic E-state index is 5.22. The Bertz CT molecular complexity index is 767. The van der Waals surface area contributed by atoms with Crippen molar-refractivity contribution in [2.75, 3.05) is 7.11 Å². The summed E-state index contributed by atoms with van der Waals surface area (Å²) >= 11 is 0. The second-order valence-electron chi connectivity index (χ2n) is 5.71. The zero-order valence-corrected chi connectivity index (χ0v) is 13.6. The van der Waals surface area contributed by atoms with Gasteiger partial charge in [0, 0.05) is 6.42 Å². The molecule has 0 saturated carbocycles. The first-order chi connectivity index (χ1) is 11.3. The molecule has 0 atom stereocenters. The highest BCUT2D eigenvalue weighted by Gasteiger charge is 2.10. The fourth-order valence-electron chi connectivity index (χ4n) is 2.74. The van der Waals surface area contributed by atoms with E-state index in [2.05, 4.69) is 49.4 Å². The summed E-state index contributed by atoms with van der Waals surface area (Å²) in [6.07, 6.45) is 8.41. The van der Waals surface area contributed by atoms with E-state index < -0.39 is 0 Å². The standard InChI is InChI=1S/C21H21NO/c1-16-7-3-6-10-20(16)21(15-17-8-4-5-9-17)22-18-11-13-19(23-2)14-12-18/h3-8,10-14H,9,15H2,1-2H3/b22-21-. The summed E-state index contributed by atoms with van der Waals surface area (Å²) in [6.45, 7) is 2.14. The molecule has 2 aromatic carbocycles. The maximum atomic E-state index is 5.22. The number of hydrogen-bond donors (Lipinski definition) is 0. The summed E-state index contributed by atoms with van der Waals surface area (Å²) in [5.41, 5.74) is 5.95. The average molecular weight is 303 g/mol. The van der Waals surface area contributed by atoms with Crippen LogP contribution in [-0.4, -0.2) is 12.8 Å². The number of allylic oxidation sites excluding steroid dienone is 4. The lowest BCUT2D eigenvalue weighted by atomic mass is 9.97. The molecule has 0 fully saturated rings. The van der Waals surface area contributed by atoms with Crippen molar-refractivity contribution < 1.29 is 4.74 Å². The molecule has 2 heteroatoms. The zero-order valence-electron chi connectivity index (χ0n) is 13.6. The summed E-state index contributed by atoms with van der Waals surface area (Å²) < 4.78 is 5.22. The Morgan fingerprint density at radius 1 is 1.09 bits per heavy atom. The molecule has 2 aromatic rings. The SMILES string of the molecule is COc1ccc(/N=C(/CC2=CC=CC2)c2ccccc2C)cc1. The van der Waals surface area contributed by atoms with Crippen LogP contribution in [0, 0.1) is 6.92 Å². The first-order valence-electron chi connectivity index (χ1n) is 7.88. The minimum Gasteiger partial charge on any atom is -0.497 e. The van der Waals surface area contributed by atoms with Gasteiger partial charge in [0.25, 0.3) is 0 Å². The molecular weight excluding hydrogens is 282 g/mol. The molecule has 23 heavy (non-hydrogen) atoms. The lowest BCUT2D eigenvalue weighted by molar-refractivity contribution is 0.415. The molecule has 0 saturated heterocycles. The Hall–Kier alpha value is -2.61. The van der Waals surface area contributed by atoms with Gasteiger partial charge in [-0.2, -0.15) is 0 Å². The number of hydrogen-bond acceptors (Lipinski definition) is 2. The largest absolute Gasteiger partial charge is 0.497 e. The highest BCUT2D eigenvalue weighted by Crippen LogP contribution is 2.24. The van der Waals surface area contributed by atoms with Crippen molar-refractivity contribution in [1.29, 1.82) is 0 Å². The van der Waals surface area contributed by atoms with Crippen LogP contribution in [0.1, 0.15) is 24.0 Å². The minimum absolute atomic E-state index is 0.851. The molecule has 3 rings (SSSR count). The van der Waals surface area contributed by atoms with E-state index in [-0.39, 0.29) is 0 Å². The van der Waals surface area contributed by atoms with Crippen molar-refractivity contribution in [1.82, 2.24) is 0 Å². The summed E-state index contributed by atoms with van der Waals surface area (Å²) in [5, 5.41) is 0. The third kappa shape index (κ3) is 3.78. The molecule has 0 aromatic heterocycles. The predicted molar refractivity (Wildman–Crippen MR) is 96.8 cm³/mol. The van der Waals surface area contributed by atoms with Gasteiger partial charge in [-0.1, -0.05) is 48.1 Å². The van der Waals surface area contributed by atoms with Crippen LogP contribution >= 0.6 is 0 Å². The van der Waals surface area contributed by atoms with Crippen molar-refractivity contribution in [2.24, 2.45) is 4.99 Å². The van der Waals surface area contributed by atoms with Crippen LogP contribution in [0.25, 0.3) is 0 Å². The molecule has 0 unspecified atom stereocenters. The normalized spacial score (nSPS) is 14.0. The van der Waals surface area contributed by atoms with E-state index in [9.17, 15) is 0 Å². The number of methoxy groups -OCH3 is 1. The van der Waals surface area contributed by atoms with Crippen molar-refractivity contribution in [2.45, 2.75) is 19.8 Å². The summed E-state index contributed by atoms with van der Waals surface area (Å²) in [7, 11) is 1.68.